The maximum absolute atomic E-state index is 5.69. The molecule has 2 N–H and O–H groups in total. The predicted octanol–water partition coefficient (Wildman–Crippen LogP) is 3.49. The number of methoxy groups -OCH3 is 1. The lowest BCUT2D eigenvalue weighted by atomic mass is 9.99. The minimum atomic E-state index is 0.806. The van der Waals surface area contributed by atoms with Crippen molar-refractivity contribution >= 4 is 5.69 Å². The first-order chi connectivity index (χ1) is 8.60. The fourth-order valence-corrected chi connectivity index (χ4v) is 2.34. The molecule has 2 nitrogen and oxygen atoms in total. The zero-order valence-electron chi connectivity index (χ0n) is 11.2. The van der Waals surface area contributed by atoms with Crippen molar-refractivity contribution < 1.29 is 4.74 Å². The van der Waals surface area contributed by atoms with Gasteiger partial charge in [-0.05, 0) is 54.7 Å². The standard InChI is InChI=1S/C16H19NO/c1-11-8-14(9-12(2)16(11)18-3)10-13-4-6-15(17)7-5-13/h4-9H,10,17H2,1-3H3. The highest BCUT2D eigenvalue weighted by molar-refractivity contribution is 5.45. The Labute approximate surface area is 108 Å². The number of hydrogen-bond donors (Lipinski definition) is 1. The van der Waals surface area contributed by atoms with Crippen molar-refractivity contribution in [2.75, 3.05) is 12.8 Å². The van der Waals surface area contributed by atoms with E-state index < -0.39 is 0 Å². The SMILES string of the molecule is COc1c(C)cc(Cc2ccc(N)cc2)cc1C. The molecule has 0 radical (unpaired) electrons. The van der Waals surface area contributed by atoms with Gasteiger partial charge in [-0.1, -0.05) is 24.3 Å². The van der Waals surface area contributed by atoms with Gasteiger partial charge in [-0.25, -0.2) is 0 Å². The van der Waals surface area contributed by atoms with E-state index in [0.29, 0.717) is 0 Å². The zero-order valence-corrected chi connectivity index (χ0v) is 11.2. The Hall–Kier alpha value is -1.96. The summed E-state index contributed by atoms with van der Waals surface area (Å²) in [4.78, 5) is 0. The van der Waals surface area contributed by atoms with Gasteiger partial charge in [0, 0.05) is 5.69 Å². The van der Waals surface area contributed by atoms with E-state index in [-0.39, 0.29) is 0 Å². The van der Waals surface area contributed by atoms with Crippen molar-refractivity contribution in [2.24, 2.45) is 0 Å². The van der Waals surface area contributed by atoms with Gasteiger partial charge < -0.3 is 10.5 Å². The molecule has 0 aliphatic carbocycles. The van der Waals surface area contributed by atoms with Gasteiger partial charge in [-0.3, -0.25) is 0 Å². The maximum Gasteiger partial charge on any atom is 0.124 e. The van der Waals surface area contributed by atoms with Crippen LogP contribution in [0, 0.1) is 13.8 Å². The van der Waals surface area contributed by atoms with Crippen LogP contribution in [0.25, 0.3) is 0 Å². The van der Waals surface area contributed by atoms with E-state index in [9.17, 15) is 0 Å². The molecule has 2 aromatic rings. The largest absolute Gasteiger partial charge is 0.496 e. The Balaban J connectivity index is 2.27. The Morgan fingerprint density at radius 1 is 0.944 bits per heavy atom. The molecule has 0 amide bonds. The maximum atomic E-state index is 5.69. The number of anilines is 1. The first-order valence-corrected chi connectivity index (χ1v) is 6.08. The molecule has 2 rings (SSSR count). The van der Waals surface area contributed by atoms with Crippen LogP contribution in [0.1, 0.15) is 22.3 Å². The molecule has 94 valence electrons. The van der Waals surface area contributed by atoms with Gasteiger partial charge in [0.05, 0.1) is 7.11 Å². The van der Waals surface area contributed by atoms with Gasteiger partial charge in [0.1, 0.15) is 5.75 Å². The van der Waals surface area contributed by atoms with Crippen LogP contribution in [-0.2, 0) is 6.42 Å². The van der Waals surface area contributed by atoms with Crippen LogP contribution < -0.4 is 10.5 Å². The summed E-state index contributed by atoms with van der Waals surface area (Å²) in [6, 6.07) is 12.4. The summed E-state index contributed by atoms with van der Waals surface area (Å²) in [7, 11) is 1.72. The van der Waals surface area contributed by atoms with Gasteiger partial charge >= 0.3 is 0 Å². The van der Waals surface area contributed by atoms with Gasteiger partial charge in [0.25, 0.3) is 0 Å². The Morgan fingerprint density at radius 3 is 2.00 bits per heavy atom. The molecule has 0 spiro atoms. The Morgan fingerprint density at radius 2 is 1.50 bits per heavy atom. The third kappa shape index (κ3) is 2.65. The number of nitrogen functional groups attached to an aromatic ring is 1. The average Bonchev–Trinajstić information content (AvgIpc) is 2.32. The van der Waals surface area contributed by atoms with Crippen molar-refractivity contribution in [1.29, 1.82) is 0 Å². The molecule has 2 heteroatoms. The van der Waals surface area contributed by atoms with E-state index in [0.717, 1.165) is 17.9 Å². The van der Waals surface area contributed by atoms with E-state index in [2.05, 4.69) is 38.1 Å². The van der Waals surface area contributed by atoms with Gasteiger partial charge in [0.15, 0.2) is 0 Å². The number of aryl methyl sites for hydroxylation is 2. The number of nitrogens with two attached hydrogens (primary N) is 1. The summed E-state index contributed by atoms with van der Waals surface area (Å²) in [5.74, 6) is 0.982. The minimum Gasteiger partial charge on any atom is -0.496 e. The van der Waals surface area contributed by atoms with Crippen molar-refractivity contribution in [3.63, 3.8) is 0 Å². The van der Waals surface area contributed by atoms with Gasteiger partial charge in [0.2, 0.25) is 0 Å². The van der Waals surface area contributed by atoms with E-state index in [1.807, 2.05) is 12.1 Å². The van der Waals surface area contributed by atoms with Crippen molar-refractivity contribution in [3.8, 4) is 5.75 Å². The van der Waals surface area contributed by atoms with E-state index in [1.54, 1.807) is 7.11 Å². The van der Waals surface area contributed by atoms with E-state index in [4.69, 9.17) is 10.5 Å². The highest BCUT2D eigenvalue weighted by atomic mass is 16.5. The van der Waals surface area contributed by atoms with Crippen molar-refractivity contribution in [2.45, 2.75) is 20.3 Å². The first kappa shape index (κ1) is 12.5. The van der Waals surface area contributed by atoms with Crippen LogP contribution in [0.2, 0.25) is 0 Å². The van der Waals surface area contributed by atoms with Crippen LogP contribution >= 0.6 is 0 Å². The molecule has 0 bridgehead atoms. The molecule has 0 atom stereocenters. The lowest BCUT2D eigenvalue weighted by Crippen LogP contribution is -1.95. The topological polar surface area (TPSA) is 35.2 Å². The monoisotopic (exact) mass is 241 g/mol. The zero-order chi connectivity index (χ0) is 13.1. The van der Waals surface area contributed by atoms with Gasteiger partial charge in [-0.15, -0.1) is 0 Å². The lowest BCUT2D eigenvalue weighted by molar-refractivity contribution is 0.408. The normalized spacial score (nSPS) is 10.4. The third-order valence-corrected chi connectivity index (χ3v) is 3.11. The molecule has 0 aliphatic heterocycles. The molecule has 0 heterocycles. The number of rotatable bonds is 3. The van der Waals surface area contributed by atoms with Crippen LogP contribution in [0.3, 0.4) is 0 Å². The van der Waals surface area contributed by atoms with E-state index >= 15 is 0 Å². The Bertz CT molecular complexity index is 521. The van der Waals surface area contributed by atoms with Crippen molar-refractivity contribution in [3.05, 3.63) is 58.7 Å². The minimum absolute atomic E-state index is 0.806. The summed E-state index contributed by atoms with van der Waals surface area (Å²) in [5, 5.41) is 0. The van der Waals surface area contributed by atoms with Crippen LogP contribution in [-0.4, -0.2) is 7.11 Å². The molecular formula is C16H19NO. The third-order valence-electron chi connectivity index (χ3n) is 3.11. The molecule has 0 aromatic heterocycles. The average molecular weight is 241 g/mol. The molecule has 0 fully saturated rings. The second-order valence-electron chi connectivity index (χ2n) is 4.68. The second-order valence-corrected chi connectivity index (χ2v) is 4.68. The van der Waals surface area contributed by atoms with Gasteiger partial charge in [-0.2, -0.15) is 0 Å². The fraction of sp³-hybridized carbons (Fsp3) is 0.250. The summed E-state index contributed by atoms with van der Waals surface area (Å²) in [6.45, 7) is 4.16. The summed E-state index contributed by atoms with van der Waals surface area (Å²) >= 11 is 0. The molecule has 0 saturated carbocycles. The molecular weight excluding hydrogens is 222 g/mol. The van der Waals surface area contributed by atoms with Crippen LogP contribution in [0.4, 0.5) is 5.69 Å². The molecule has 2 aromatic carbocycles. The molecule has 18 heavy (non-hydrogen) atoms. The Kier molecular flexibility index (Phi) is 3.56. The van der Waals surface area contributed by atoms with Crippen molar-refractivity contribution in [1.82, 2.24) is 0 Å². The number of hydrogen-bond acceptors (Lipinski definition) is 2. The second kappa shape index (κ2) is 5.13. The predicted molar refractivity (Wildman–Crippen MR) is 76.1 cm³/mol. The highest BCUT2D eigenvalue weighted by Crippen LogP contribution is 2.25. The van der Waals surface area contributed by atoms with E-state index in [1.165, 1.54) is 22.3 Å². The summed E-state index contributed by atoms with van der Waals surface area (Å²) in [5.41, 5.74) is 11.4. The smallest absolute Gasteiger partial charge is 0.124 e. The molecule has 0 saturated heterocycles. The number of ether oxygens (including phenoxy) is 1. The first-order valence-electron chi connectivity index (χ1n) is 6.08. The summed E-state index contributed by atoms with van der Waals surface area (Å²) in [6.07, 6.45) is 0.923. The van der Waals surface area contributed by atoms with Crippen LogP contribution in [0.15, 0.2) is 36.4 Å². The molecule has 0 unspecified atom stereocenters. The van der Waals surface area contributed by atoms with Crippen LogP contribution in [0.5, 0.6) is 5.75 Å². The summed E-state index contributed by atoms with van der Waals surface area (Å²) < 4.78 is 5.38. The molecule has 0 aliphatic rings. The number of benzene rings is 2. The quantitative estimate of drug-likeness (QED) is 0.835. The lowest BCUT2D eigenvalue weighted by Gasteiger charge is -2.11. The fourth-order valence-electron chi connectivity index (χ4n) is 2.34. The highest BCUT2D eigenvalue weighted by Gasteiger charge is 2.05.